The molecule has 1 aliphatic heterocycles. The fourth-order valence-electron chi connectivity index (χ4n) is 3.31. The number of likely N-dealkylation sites (tertiary alicyclic amines) is 1. The Labute approximate surface area is 190 Å². The molecule has 3 rings (SSSR count). The number of rotatable bonds is 6. The van der Waals surface area contributed by atoms with Crippen molar-refractivity contribution in [3.8, 4) is 0 Å². The van der Waals surface area contributed by atoms with Crippen molar-refractivity contribution in [3.05, 3.63) is 59.5 Å². The van der Waals surface area contributed by atoms with Crippen molar-refractivity contribution in [3.63, 3.8) is 0 Å². The predicted octanol–water partition coefficient (Wildman–Crippen LogP) is 4.03. The van der Waals surface area contributed by atoms with Gasteiger partial charge in [-0.25, -0.2) is 4.99 Å². The molecule has 2 N–H and O–H groups in total. The van der Waals surface area contributed by atoms with Crippen LogP contribution in [0.15, 0.2) is 52.1 Å². The maximum atomic E-state index is 12.4. The molecule has 1 aliphatic rings. The maximum Gasteiger partial charge on any atom is 0.251 e. The number of halogens is 1. The number of amides is 1. The quantitative estimate of drug-likeness (QED) is 0.350. The Bertz CT molecular complexity index is 784. The van der Waals surface area contributed by atoms with Crippen LogP contribution in [0.3, 0.4) is 0 Å². The molecule has 0 atom stereocenters. The topological polar surface area (TPSA) is 69.9 Å². The Balaban J connectivity index is 0.00000300. The molecule has 1 aromatic carbocycles. The Morgan fingerprint density at radius 2 is 2.00 bits per heavy atom. The molecule has 0 aliphatic carbocycles. The highest BCUT2D eigenvalue weighted by atomic mass is 127. The van der Waals surface area contributed by atoms with Gasteiger partial charge in [-0.2, -0.15) is 0 Å². The van der Waals surface area contributed by atoms with Gasteiger partial charge in [0.15, 0.2) is 5.96 Å². The molecule has 2 heterocycles. The number of carbonyl (C=O) groups is 1. The number of nitrogens with zero attached hydrogens (tertiary/aromatic N) is 2. The van der Waals surface area contributed by atoms with E-state index in [1.807, 2.05) is 36.4 Å². The fraction of sp³-hybridized carbons (Fsp3) is 0.455. The molecule has 6 nitrogen and oxygen atoms in total. The average molecular weight is 510 g/mol. The number of guanidine groups is 1. The average Bonchev–Trinajstić information content (AvgIpc) is 3.24. The highest BCUT2D eigenvalue weighted by Gasteiger charge is 2.18. The number of hydrogen-bond acceptors (Lipinski definition) is 3. The third-order valence-electron chi connectivity index (χ3n) is 5.02. The second-order valence-electron chi connectivity index (χ2n) is 7.30. The zero-order chi connectivity index (χ0) is 19.8. The van der Waals surface area contributed by atoms with E-state index in [9.17, 15) is 4.79 Å². The standard InChI is InChI=1S/C22H30N4O2.HI/c1-3-23-22(26-11-9-17(2)10-12-26)25-15-18-6-4-7-19(14-18)21(27)24-16-20-8-5-13-28-20;/h4-8,13-14,17H,3,9-12,15-16H2,1-2H3,(H,23,25)(H,24,27);1H. The lowest BCUT2D eigenvalue weighted by Crippen LogP contribution is -2.45. The van der Waals surface area contributed by atoms with Crippen LogP contribution < -0.4 is 10.6 Å². The summed E-state index contributed by atoms with van der Waals surface area (Å²) in [7, 11) is 0. The summed E-state index contributed by atoms with van der Waals surface area (Å²) >= 11 is 0. The smallest absolute Gasteiger partial charge is 0.251 e. The molecule has 1 fully saturated rings. The van der Waals surface area contributed by atoms with Gasteiger partial charge in [-0.05, 0) is 55.5 Å². The van der Waals surface area contributed by atoms with Crippen LogP contribution in [0.5, 0.6) is 0 Å². The first-order valence-electron chi connectivity index (χ1n) is 10.1. The van der Waals surface area contributed by atoms with E-state index < -0.39 is 0 Å². The monoisotopic (exact) mass is 510 g/mol. The molecule has 0 bridgehead atoms. The van der Waals surface area contributed by atoms with Crippen LogP contribution in [-0.2, 0) is 13.1 Å². The third-order valence-corrected chi connectivity index (χ3v) is 5.02. The molecule has 2 aromatic rings. The second-order valence-corrected chi connectivity index (χ2v) is 7.30. The van der Waals surface area contributed by atoms with Gasteiger partial charge < -0.3 is 20.0 Å². The SMILES string of the molecule is CCNC(=NCc1cccc(C(=O)NCc2ccco2)c1)N1CCC(C)CC1.I. The molecule has 7 heteroatoms. The Morgan fingerprint density at radius 1 is 1.21 bits per heavy atom. The molecule has 0 radical (unpaired) electrons. The first kappa shape index (κ1) is 23.3. The van der Waals surface area contributed by atoms with Gasteiger partial charge >= 0.3 is 0 Å². The molecule has 0 saturated carbocycles. The first-order chi connectivity index (χ1) is 13.7. The maximum absolute atomic E-state index is 12.4. The normalized spacial score (nSPS) is 15.0. The predicted molar refractivity (Wildman–Crippen MR) is 127 cm³/mol. The van der Waals surface area contributed by atoms with E-state index in [4.69, 9.17) is 9.41 Å². The van der Waals surface area contributed by atoms with Crippen molar-refractivity contribution < 1.29 is 9.21 Å². The van der Waals surface area contributed by atoms with Crippen LogP contribution in [-0.4, -0.2) is 36.4 Å². The summed E-state index contributed by atoms with van der Waals surface area (Å²) in [6.07, 6.45) is 4.01. The Morgan fingerprint density at radius 3 is 2.69 bits per heavy atom. The number of nitrogens with one attached hydrogen (secondary N) is 2. The van der Waals surface area contributed by atoms with E-state index >= 15 is 0 Å². The van der Waals surface area contributed by atoms with Gasteiger partial charge in [0.1, 0.15) is 5.76 Å². The summed E-state index contributed by atoms with van der Waals surface area (Å²) < 4.78 is 5.25. The number of carbonyl (C=O) groups excluding carboxylic acids is 1. The molecule has 1 aromatic heterocycles. The number of benzene rings is 1. The summed E-state index contributed by atoms with van der Waals surface area (Å²) in [4.78, 5) is 19.5. The summed E-state index contributed by atoms with van der Waals surface area (Å²) in [5.41, 5.74) is 1.66. The summed E-state index contributed by atoms with van der Waals surface area (Å²) in [6, 6.07) is 11.3. The number of piperidine rings is 1. The minimum atomic E-state index is -0.112. The van der Waals surface area contributed by atoms with Gasteiger partial charge in [0.2, 0.25) is 0 Å². The van der Waals surface area contributed by atoms with Gasteiger partial charge in [0, 0.05) is 25.2 Å². The number of hydrogen-bond donors (Lipinski definition) is 2. The van der Waals surface area contributed by atoms with Gasteiger partial charge in [0.25, 0.3) is 5.91 Å². The molecular weight excluding hydrogens is 479 g/mol. The summed E-state index contributed by atoms with van der Waals surface area (Å²) in [5, 5.41) is 6.28. The fourth-order valence-corrected chi connectivity index (χ4v) is 3.31. The third kappa shape index (κ3) is 7.06. The second kappa shape index (κ2) is 11.8. The molecular formula is C22H31IN4O2. The van der Waals surface area contributed by atoms with Crippen molar-refractivity contribution in [2.24, 2.45) is 10.9 Å². The highest BCUT2D eigenvalue weighted by molar-refractivity contribution is 14.0. The van der Waals surface area contributed by atoms with E-state index in [-0.39, 0.29) is 29.9 Å². The van der Waals surface area contributed by atoms with E-state index in [0.29, 0.717) is 18.7 Å². The Hall–Kier alpha value is -2.03. The van der Waals surface area contributed by atoms with Crippen molar-refractivity contribution in [2.75, 3.05) is 19.6 Å². The molecule has 0 unspecified atom stereocenters. The lowest BCUT2D eigenvalue weighted by atomic mass is 10.00. The minimum absolute atomic E-state index is 0. The lowest BCUT2D eigenvalue weighted by Gasteiger charge is -2.33. The minimum Gasteiger partial charge on any atom is -0.467 e. The molecule has 29 heavy (non-hydrogen) atoms. The van der Waals surface area contributed by atoms with Crippen LogP contribution in [0, 0.1) is 5.92 Å². The van der Waals surface area contributed by atoms with E-state index in [1.165, 1.54) is 12.8 Å². The first-order valence-corrected chi connectivity index (χ1v) is 10.1. The Kier molecular flexibility index (Phi) is 9.50. The number of aliphatic imine (C=N–C) groups is 1. The van der Waals surface area contributed by atoms with Gasteiger partial charge in [-0.3, -0.25) is 4.79 Å². The van der Waals surface area contributed by atoms with Crippen LogP contribution in [0.1, 0.15) is 48.4 Å². The van der Waals surface area contributed by atoms with Crippen molar-refractivity contribution in [1.82, 2.24) is 15.5 Å². The van der Waals surface area contributed by atoms with Crippen molar-refractivity contribution in [2.45, 2.75) is 39.8 Å². The zero-order valence-corrected chi connectivity index (χ0v) is 19.5. The van der Waals surface area contributed by atoms with Gasteiger partial charge in [0.05, 0.1) is 19.4 Å². The van der Waals surface area contributed by atoms with Crippen LogP contribution in [0.2, 0.25) is 0 Å². The summed E-state index contributed by atoms with van der Waals surface area (Å²) in [5.74, 6) is 2.37. The summed E-state index contributed by atoms with van der Waals surface area (Å²) in [6.45, 7) is 8.26. The number of furan rings is 1. The molecule has 1 saturated heterocycles. The lowest BCUT2D eigenvalue weighted by molar-refractivity contribution is 0.0948. The van der Waals surface area contributed by atoms with Crippen LogP contribution in [0.25, 0.3) is 0 Å². The molecule has 158 valence electrons. The van der Waals surface area contributed by atoms with E-state index in [1.54, 1.807) is 6.26 Å². The van der Waals surface area contributed by atoms with Crippen molar-refractivity contribution in [1.29, 1.82) is 0 Å². The van der Waals surface area contributed by atoms with Gasteiger partial charge in [-0.15, -0.1) is 24.0 Å². The largest absolute Gasteiger partial charge is 0.467 e. The highest BCUT2D eigenvalue weighted by Crippen LogP contribution is 2.16. The van der Waals surface area contributed by atoms with Crippen LogP contribution >= 0.6 is 24.0 Å². The van der Waals surface area contributed by atoms with Crippen LogP contribution in [0.4, 0.5) is 0 Å². The molecule has 1 amide bonds. The van der Waals surface area contributed by atoms with E-state index in [0.717, 1.165) is 42.8 Å². The van der Waals surface area contributed by atoms with Crippen molar-refractivity contribution >= 4 is 35.8 Å². The van der Waals surface area contributed by atoms with E-state index in [2.05, 4.69) is 29.4 Å². The molecule has 0 spiro atoms. The zero-order valence-electron chi connectivity index (χ0n) is 17.2. The van der Waals surface area contributed by atoms with Gasteiger partial charge in [-0.1, -0.05) is 19.1 Å².